The number of carbonyl (C=O) groups is 2. The van der Waals surface area contributed by atoms with Crippen molar-refractivity contribution in [3.05, 3.63) is 0 Å². The number of likely N-dealkylation sites (tertiary alicyclic amines) is 1. The van der Waals surface area contributed by atoms with Crippen LogP contribution in [0.4, 0.5) is 0 Å². The second-order valence-corrected chi connectivity index (χ2v) is 3.71. The average Bonchev–Trinajstić information content (AvgIpc) is 2.49. The Bertz CT molecular complexity index is 227. The Morgan fingerprint density at radius 2 is 2.15 bits per heavy atom. The molecular weight excluding hydrogens is 170 g/mol. The fourth-order valence-electron chi connectivity index (χ4n) is 1.64. The highest BCUT2D eigenvalue weighted by molar-refractivity contribution is 5.99. The Morgan fingerprint density at radius 3 is 2.54 bits per heavy atom. The van der Waals surface area contributed by atoms with Crippen molar-refractivity contribution in [3.8, 4) is 0 Å². The van der Waals surface area contributed by atoms with Gasteiger partial charge in [0.1, 0.15) is 5.92 Å². The van der Waals surface area contributed by atoms with Crippen molar-refractivity contribution in [3.63, 3.8) is 0 Å². The highest BCUT2D eigenvalue weighted by atomic mass is 16.4. The molecule has 4 nitrogen and oxygen atoms in total. The monoisotopic (exact) mass is 185 g/mol. The molecule has 1 heterocycles. The molecule has 0 amide bonds. The van der Waals surface area contributed by atoms with Crippen molar-refractivity contribution >= 4 is 11.8 Å². The molecule has 2 unspecified atom stereocenters. The van der Waals surface area contributed by atoms with Gasteiger partial charge in [-0.1, -0.05) is 0 Å². The Balaban J connectivity index is 2.53. The van der Waals surface area contributed by atoms with E-state index < -0.39 is 11.9 Å². The Labute approximate surface area is 77.5 Å². The third kappa shape index (κ3) is 2.28. The van der Waals surface area contributed by atoms with Crippen molar-refractivity contribution in [2.75, 3.05) is 20.1 Å². The maximum atomic E-state index is 11.5. The van der Waals surface area contributed by atoms with Gasteiger partial charge < -0.3 is 10.0 Å². The SMILES string of the molecule is CC(C(=O)O)C(=O)C1CCN(C)C1. The summed E-state index contributed by atoms with van der Waals surface area (Å²) in [6.45, 7) is 3.06. The molecule has 0 aromatic carbocycles. The zero-order valence-corrected chi connectivity index (χ0v) is 7.99. The van der Waals surface area contributed by atoms with Crippen LogP contribution >= 0.6 is 0 Å². The summed E-state index contributed by atoms with van der Waals surface area (Å²) >= 11 is 0. The van der Waals surface area contributed by atoms with Crippen LogP contribution in [0.25, 0.3) is 0 Å². The van der Waals surface area contributed by atoms with Crippen LogP contribution < -0.4 is 0 Å². The maximum Gasteiger partial charge on any atom is 0.313 e. The number of hydrogen-bond donors (Lipinski definition) is 1. The van der Waals surface area contributed by atoms with Crippen molar-refractivity contribution in [2.24, 2.45) is 11.8 Å². The first-order valence-corrected chi connectivity index (χ1v) is 4.47. The summed E-state index contributed by atoms with van der Waals surface area (Å²) in [5, 5.41) is 8.64. The van der Waals surface area contributed by atoms with E-state index in [1.807, 2.05) is 7.05 Å². The lowest BCUT2D eigenvalue weighted by Gasteiger charge is -2.11. The van der Waals surface area contributed by atoms with Crippen LogP contribution in [-0.2, 0) is 9.59 Å². The van der Waals surface area contributed by atoms with Crippen LogP contribution in [0.5, 0.6) is 0 Å². The largest absolute Gasteiger partial charge is 0.481 e. The minimum absolute atomic E-state index is 0.0731. The Morgan fingerprint density at radius 1 is 1.54 bits per heavy atom. The summed E-state index contributed by atoms with van der Waals surface area (Å²) in [6.07, 6.45) is 0.799. The number of carboxylic acid groups (broad SMARTS) is 1. The highest BCUT2D eigenvalue weighted by Crippen LogP contribution is 2.19. The van der Waals surface area contributed by atoms with Gasteiger partial charge in [-0.2, -0.15) is 0 Å². The summed E-state index contributed by atoms with van der Waals surface area (Å²) in [5.74, 6) is -2.07. The van der Waals surface area contributed by atoms with E-state index in [9.17, 15) is 9.59 Å². The zero-order chi connectivity index (χ0) is 10.0. The molecule has 0 aliphatic carbocycles. The van der Waals surface area contributed by atoms with Crippen LogP contribution in [0.1, 0.15) is 13.3 Å². The molecule has 1 rings (SSSR count). The summed E-state index contributed by atoms with van der Waals surface area (Å²) in [4.78, 5) is 24.1. The number of carbonyl (C=O) groups excluding carboxylic acids is 1. The van der Waals surface area contributed by atoms with Gasteiger partial charge in [0.2, 0.25) is 0 Å². The topological polar surface area (TPSA) is 57.6 Å². The van der Waals surface area contributed by atoms with E-state index in [4.69, 9.17) is 5.11 Å². The molecule has 2 atom stereocenters. The van der Waals surface area contributed by atoms with E-state index >= 15 is 0 Å². The molecule has 13 heavy (non-hydrogen) atoms. The molecule has 1 N–H and O–H groups in total. The number of carboxylic acids is 1. The lowest BCUT2D eigenvalue weighted by atomic mass is 9.93. The van der Waals surface area contributed by atoms with E-state index in [0.717, 1.165) is 13.0 Å². The molecular formula is C9H15NO3. The van der Waals surface area contributed by atoms with E-state index in [0.29, 0.717) is 6.54 Å². The lowest BCUT2D eigenvalue weighted by Crippen LogP contribution is -2.29. The number of hydrogen-bond acceptors (Lipinski definition) is 3. The summed E-state index contributed by atoms with van der Waals surface area (Å²) in [5.41, 5.74) is 0. The summed E-state index contributed by atoms with van der Waals surface area (Å²) in [7, 11) is 1.94. The van der Waals surface area contributed by atoms with Gasteiger partial charge in [0.05, 0.1) is 0 Å². The molecule has 0 saturated carbocycles. The molecule has 1 aliphatic heterocycles. The fourth-order valence-corrected chi connectivity index (χ4v) is 1.64. The molecule has 0 aromatic heterocycles. The lowest BCUT2D eigenvalue weighted by molar-refractivity contribution is -0.146. The molecule has 0 radical (unpaired) electrons. The predicted molar refractivity (Wildman–Crippen MR) is 47.4 cm³/mol. The summed E-state index contributed by atoms with van der Waals surface area (Å²) in [6, 6.07) is 0. The van der Waals surface area contributed by atoms with Crippen LogP contribution in [0.15, 0.2) is 0 Å². The highest BCUT2D eigenvalue weighted by Gasteiger charge is 2.32. The molecule has 0 aromatic rings. The van der Waals surface area contributed by atoms with Crippen molar-refractivity contribution in [1.29, 1.82) is 0 Å². The standard InChI is InChI=1S/C9H15NO3/c1-6(9(12)13)8(11)7-3-4-10(2)5-7/h6-7H,3-5H2,1-2H3,(H,12,13). The van der Waals surface area contributed by atoms with Gasteiger partial charge in [0.15, 0.2) is 5.78 Å². The number of ketones is 1. The first-order valence-electron chi connectivity index (χ1n) is 4.47. The smallest absolute Gasteiger partial charge is 0.313 e. The molecule has 4 heteroatoms. The van der Waals surface area contributed by atoms with Gasteiger partial charge in [-0.05, 0) is 26.9 Å². The van der Waals surface area contributed by atoms with Gasteiger partial charge in [0, 0.05) is 12.5 Å². The average molecular weight is 185 g/mol. The Hall–Kier alpha value is -0.900. The molecule has 74 valence electrons. The van der Waals surface area contributed by atoms with Gasteiger partial charge in [0.25, 0.3) is 0 Å². The van der Waals surface area contributed by atoms with Gasteiger partial charge >= 0.3 is 5.97 Å². The molecule has 0 spiro atoms. The second kappa shape index (κ2) is 3.87. The normalized spacial score (nSPS) is 25.8. The third-order valence-corrected chi connectivity index (χ3v) is 2.59. The van der Waals surface area contributed by atoms with Crippen LogP contribution in [0.3, 0.4) is 0 Å². The van der Waals surface area contributed by atoms with E-state index in [1.54, 1.807) is 0 Å². The van der Waals surface area contributed by atoms with Gasteiger partial charge in [-0.15, -0.1) is 0 Å². The minimum Gasteiger partial charge on any atom is -0.481 e. The molecule has 1 fully saturated rings. The van der Waals surface area contributed by atoms with Crippen LogP contribution in [0.2, 0.25) is 0 Å². The number of rotatable bonds is 3. The van der Waals surface area contributed by atoms with E-state index in [2.05, 4.69) is 4.90 Å². The molecule has 1 aliphatic rings. The van der Waals surface area contributed by atoms with Crippen molar-refractivity contribution < 1.29 is 14.7 Å². The number of aliphatic carboxylic acids is 1. The molecule has 0 bridgehead atoms. The zero-order valence-electron chi connectivity index (χ0n) is 7.99. The predicted octanol–water partition coefficient (Wildman–Crippen LogP) is 0.228. The maximum absolute atomic E-state index is 11.5. The summed E-state index contributed by atoms with van der Waals surface area (Å²) < 4.78 is 0. The minimum atomic E-state index is -1.01. The van der Waals surface area contributed by atoms with E-state index in [1.165, 1.54) is 6.92 Å². The van der Waals surface area contributed by atoms with Gasteiger partial charge in [-0.25, -0.2) is 0 Å². The first kappa shape index (κ1) is 10.2. The quantitative estimate of drug-likeness (QED) is 0.639. The van der Waals surface area contributed by atoms with Crippen LogP contribution in [-0.4, -0.2) is 41.9 Å². The van der Waals surface area contributed by atoms with Crippen molar-refractivity contribution in [1.82, 2.24) is 4.90 Å². The first-order chi connectivity index (χ1) is 6.02. The Kier molecular flexibility index (Phi) is 3.03. The van der Waals surface area contributed by atoms with Crippen molar-refractivity contribution in [2.45, 2.75) is 13.3 Å². The molecule has 1 saturated heterocycles. The van der Waals surface area contributed by atoms with Crippen LogP contribution in [0, 0.1) is 11.8 Å². The second-order valence-electron chi connectivity index (χ2n) is 3.71. The fraction of sp³-hybridized carbons (Fsp3) is 0.778. The van der Waals surface area contributed by atoms with Gasteiger partial charge in [-0.3, -0.25) is 9.59 Å². The van der Waals surface area contributed by atoms with E-state index in [-0.39, 0.29) is 11.7 Å². The third-order valence-electron chi connectivity index (χ3n) is 2.59. The number of Topliss-reactive ketones (excluding diaryl/α,β-unsaturated/α-hetero) is 1. The number of nitrogens with zero attached hydrogens (tertiary/aromatic N) is 1.